The number of benzene rings is 2. The number of hydrogen-bond donors (Lipinski definition) is 1. The van der Waals surface area contributed by atoms with E-state index >= 15 is 0 Å². The molecule has 0 unspecified atom stereocenters. The Kier molecular flexibility index (Phi) is 6.91. The third-order valence-corrected chi connectivity index (χ3v) is 4.07. The number of rotatable bonds is 7. The highest BCUT2D eigenvalue weighted by molar-refractivity contribution is 6.42. The van der Waals surface area contributed by atoms with Gasteiger partial charge < -0.3 is 15.0 Å². The van der Waals surface area contributed by atoms with Gasteiger partial charge in [-0.1, -0.05) is 35.3 Å². The Hall–Kier alpha value is -1.75. The average Bonchev–Trinajstić information content (AvgIpc) is 2.56. The van der Waals surface area contributed by atoms with Gasteiger partial charge >= 0.3 is 0 Å². The van der Waals surface area contributed by atoms with Crippen molar-refractivity contribution in [2.45, 2.75) is 6.61 Å². The Morgan fingerprint density at radius 3 is 2.62 bits per heavy atom. The number of hydrogen-bond acceptors (Lipinski definition) is 3. The van der Waals surface area contributed by atoms with Crippen LogP contribution in [0.1, 0.15) is 15.9 Å². The van der Waals surface area contributed by atoms with E-state index in [1.54, 1.807) is 30.3 Å². The van der Waals surface area contributed by atoms with Gasteiger partial charge in [0, 0.05) is 18.7 Å². The van der Waals surface area contributed by atoms with Crippen LogP contribution in [0.3, 0.4) is 0 Å². The van der Waals surface area contributed by atoms with Crippen molar-refractivity contribution in [2.24, 2.45) is 0 Å². The summed E-state index contributed by atoms with van der Waals surface area (Å²) in [6.45, 7) is 1.74. The molecule has 2 aromatic rings. The quantitative estimate of drug-likeness (QED) is 0.808. The highest BCUT2D eigenvalue weighted by Crippen LogP contribution is 2.23. The zero-order valence-corrected chi connectivity index (χ0v) is 15.2. The second kappa shape index (κ2) is 8.92. The SMILES string of the molecule is CN(C)CCNC(=O)c1cccc(OCc2ccc(Cl)c(Cl)c2)c1. The van der Waals surface area contributed by atoms with Crippen molar-refractivity contribution in [3.05, 3.63) is 63.6 Å². The van der Waals surface area contributed by atoms with E-state index in [0.717, 1.165) is 12.1 Å². The largest absolute Gasteiger partial charge is 0.489 e. The highest BCUT2D eigenvalue weighted by atomic mass is 35.5. The fourth-order valence-electron chi connectivity index (χ4n) is 2.02. The van der Waals surface area contributed by atoms with Gasteiger partial charge in [0.1, 0.15) is 12.4 Å². The predicted octanol–water partition coefficient (Wildman–Crippen LogP) is 3.86. The van der Waals surface area contributed by atoms with Gasteiger partial charge in [-0.3, -0.25) is 4.79 Å². The van der Waals surface area contributed by atoms with Crippen molar-refractivity contribution >= 4 is 29.1 Å². The summed E-state index contributed by atoms with van der Waals surface area (Å²) in [5.74, 6) is 0.512. The first-order chi connectivity index (χ1) is 11.5. The first-order valence-electron chi connectivity index (χ1n) is 7.55. The Morgan fingerprint density at radius 2 is 1.92 bits per heavy atom. The molecule has 1 N–H and O–H groups in total. The minimum absolute atomic E-state index is 0.114. The number of likely N-dealkylation sites (N-methyl/N-ethyl adjacent to an activating group) is 1. The predicted molar refractivity (Wildman–Crippen MR) is 98.1 cm³/mol. The minimum Gasteiger partial charge on any atom is -0.489 e. The van der Waals surface area contributed by atoms with Crippen molar-refractivity contribution in [1.29, 1.82) is 0 Å². The molecule has 2 rings (SSSR count). The Labute approximate surface area is 152 Å². The summed E-state index contributed by atoms with van der Waals surface area (Å²) >= 11 is 11.9. The van der Waals surface area contributed by atoms with Crippen molar-refractivity contribution < 1.29 is 9.53 Å². The van der Waals surface area contributed by atoms with E-state index in [4.69, 9.17) is 27.9 Å². The van der Waals surface area contributed by atoms with E-state index in [1.165, 1.54) is 0 Å². The number of ether oxygens (including phenoxy) is 1. The van der Waals surface area contributed by atoms with Crippen LogP contribution in [0.2, 0.25) is 10.0 Å². The maximum absolute atomic E-state index is 12.1. The van der Waals surface area contributed by atoms with Crippen molar-refractivity contribution in [3.8, 4) is 5.75 Å². The topological polar surface area (TPSA) is 41.6 Å². The Balaban J connectivity index is 1.94. The van der Waals surface area contributed by atoms with Crippen LogP contribution in [0.15, 0.2) is 42.5 Å². The molecule has 24 heavy (non-hydrogen) atoms. The van der Waals surface area contributed by atoms with Crippen LogP contribution in [0.25, 0.3) is 0 Å². The summed E-state index contributed by atoms with van der Waals surface area (Å²) in [4.78, 5) is 14.1. The molecule has 0 aliphatic rings. The van der Waals surface area contributed by atoms with Crippen molar-refractivity contribution in [2.75, 3.05) is 27.2 Å². The van der Waals surface area contributed by atoms with Gasteiger partial charge in [0.05, 0.1) is 10.0 Å². The van der Waals surface area contributed by atoms with Crippen LogP contribution in [-0.2, 0) is 6.61 Å². The second-order valence-corrected chi connectivity index (χ2v) is 6.44. The monoisotopic (exact) mass is 366 g/mol. The molecule has 2 aromatic carbocycles. The summed E-state index contributed by atoms with van der Waals surface area (Å²) < 4.78 is 5.73. The van der Waals surface area contributed by atoms with Gasteiger partial charge in [0.25, 0.3) is 5.91 Å². The Morgan fingerprint density at radius 1 is 1.12 bits per heavy atom. The van der Waals surface area contributed by atoms with Crippen molar-refractivity contribution in [3.63, 3.8) is 0 Å². The molecule has 0 fully saturated rings. The van der Waals surface area contributed by atoms with E-state index in [9.17, 15) is 4.79 Å². The fourth-order valence-corrected chi connectivity index (χ4v) is 2.34. The molecule has 0 spiro atoms. The summed E-state index contributed by atoms with van der Waals surface area (Å²) in [7, 11) is 3.92. The molecule has 0 atom stereocenters. The van der Waals surface area contributed by atoms with Gasteiger partial charge in [0.15, 0.2) is 0 Å². The third kappa shape index (κ3) is 5.71. The molecule has 0 radical (unpaired) electrons. The van der Waals surface area contributed by atoms with Gasteiger partial charge in [-0.25, -0.2) is 0 Å². The molecule has 0 bridgehead atoms. The number of carbonyl (C=O) groups is 1. The highest BCUT2D eigenvalue weighted by Gasteiger charge is 2.07. The van der Waals surface area contributed by atoms with Gasteiger partial charge in [-0.15, -0.1) is 0 Å². The lowest BCUT2D eigenvalue weighted by molar-refractivity contribution is 0.0950. The number of amides is 1. The molecule has 0 saturated carbocycles. The van der Waals surface area contributed by atoms with Gasteiger partial charge in [-0.05, 0) is 50.0 Å². The summed E-state index contributed by atoms with van der Waals surface area (Å²) in [5, 5.41) is 3.88. The molecule has 0 saturated heterocycles. The molecule has 128 valence electrons. The zero-order chi connectivity index (χ0) is 17.5. The fraction of sp³-hybridized carbons (Fsp3) is 0.278. The Bertz CT molecular complexity index is 705. The lowest BCUT2D eigenvalue weighted by Crippen LogP contribution is -2.31. The van der Waals surface area contributed by atoms with Crippen LogP contribution in [0, 0.1) is 0 Å². The second-order valence-electron chi connectivity index (χ2n) is 5.62. The maximum Gasteiger partial charge on any atom is 0.251 e. The molecule has 0 aliphatic carbocycles. The molecule has 1 amide bonds. The number of halogens is 2. The summed E-state index contributed by atoms with van der Waals surface area (Å²) in [5.41, 5.74) is 1.48. The third-order valence-electron chi connectivity index (χ3n) is 3.33. The molecular formula is C18H20Cl2N2O2. The summed E-state index contributed by atoms with van der Waals surface area (Å²) in [6.07, 6.45) is 0. The van der Waals surface area contributed by atoms with Crippen LogP contribution < -0.4 is 10.1 Å². The van der Waals surface area contributed by atoms with Crippen LogP contribution in [0.5, 0.6) is 5.75 Å². The van der Waals surface area contributed by atoms with E-state index in [2.05, 4.69) is 5.32 Å². The van der Waals surface area contributed by atoms with E-state index in [-0.39, 0.29) is 5.91 Å². The maximum atomic E-state index is 12.1. The molecule has 0 heterocycles. The lowest BCUT2D eigenvalue weighted by atomic mass is 10.2. The van der Waals surface area contributed by atoms with Gasteiger partial charge in [0.2, 0.25) is 0 Å². The molecule has 6 heteroatoms. The van der Waals surface area contributed by atoms with E-state index in [0.29, 0.717) is 34.5 Å². The van der Waals surface area contributed by atoms with Crippen LogP contribution in [-0.4, -0.2) is 38.0 Å². The standard InChI is InChI=1S/C18H20Cl2N2O2/c1-22(2)9-8-21-18(23)14-4-3-5-15(11-14)24-12-13-6-7-16(19)17(20)10-13/h3-7,10-11H,8-9,12H2,1-2H3,(H,21,23). The lowest BCUT2D eigenvalue weighted by Gasteiger charge is -2.11. The zero-order valence-electron chi connectivity index (χ0n) is 13.7. The van der Waals surface area contributed by atoms with E-state index < -0.39 is 0 Å². The number of carbonyl (C=O) groups excluding carboxylic acids is 1. The molecular weight excluding hydrogens is 347 g/mol. The van der Waals surface area contributed by atoms with Crippen molar-refractivity contribution in [1.82, 2.24) is 10.2 Å². The average molecular weight is 367 g/mol. The normalized spacial score (nSPS) is 10.7. The van der Waals surface area contributed by atoms with E-state index in [1.807, 2.05) is 31.1 Å². The molecule has 0 aromatic heterocycles. The minimum atomic E-state index is -0.114. The van der Waals surface area contributed by atoms with Crippen LogP contribution in [0.4, 0.5) is 0 Å². The first kappa shape index (κ1) is 18.6. The number of nitrogens with one attached hydrogen (secondary N) is 1. The number of nitrogens with zero attached hydrogens (tertiary/aromatic N) is 1. The van der Waals surface area contributed by atoms with Gasteiger partial charge in [-0.2, -0.15) is 0 Å². The summed E-state index contributed by atoms with van der Waals surface area (Å²) in [6, 6.07) is 12.4. The molecule has 0 aliphatic heterocycles. The smallest absolute Gasteiger partial charge is 0.251 e. The van der Waals surface area contributed by atoms with Crippen LogP contribution >= 0.6 is 23.2 Å². The molecule has 4 nitrogen and oxygen atoms in total. The first-order valence-corrected chi connectivity index (χ1v) is 8.31.